The molecule has 108 valence electrons. The Morgan fingerprint density at radius 3 is 2.74 bits per heavy atom. The van der Waals surface area contributed by atoms with Crippen molar-refractivity contribution < 1.29 is 4.79 Å². The molecule has 1 aromatic heterocycles. The second-order valence-electron chi connectivity index (χ2n) is 5.00. The Kier molecular flexibility index (Phi) is 7.49. The van der Waals surface area contributed by atoms with Crippen molar-refractivity contribution >= 4 is 29.0 Å². The van der Waals surface area contributed by atoms with Crippen LogP contribution in [-0.2, 0) is 4.79 Å². The summed E-state index contributed by atoms with van der Waals surface area (Å²) in [5.74, 6) is 1.02. The van der Waals surface area contributed by atoms with Crippen LogP contribution in [0, 0.1) is 5.92 Å². The Morgan fingerprint density at radius 2 is 2.21 bits per heavy atom. The molecule has 0 fully saturated rings. The molecule has 0 radical (unpaired) electrons. The first-order chi connectivity index (χ1) is 9.04. The average Bonchev–Trinajstić information content (AvgIpc) is 2.87. The molecule has 0 aliphatic heterocycles. The predicted octanol–water partition coefficient (Wildman–Crippen LogP) is 3.03. The largest absolute Gasteiger partial charge is 0.348 e. The molecule has 3 nitrogen and oxygen atoms in total. The van der Waals surface area contributed by atoms with E-state index in [1.165, 1.54) is 4.88 Å². The van der Waals surface area contributed by atoms with Crippen LogP contribution < -0.4 is 11.1 Å². The van der Waals surface area contributed by atoms with E-state index < -0.39 is 0 Å². The number of carbonyl (C=O) groups is 1. The van der Waals surface area contributed by atoms with Crippen molar-refractivity contribution in [3.8, 4) is 0 Å². The van der Waals surface area contributed by atoms with E-state index in [1.54, 1.807) is 23.1 Å². The molecular formula is C14H24N2OS2. The highest BCUT2D eigenvalue weighted by Gasteiger charge is 2.19. The van der Waals surface area contributed by atoms with Crippen LogP contribution in [0.15, 0.2) is 17.5 Å². The zero-order valence-electron chi connectivity index (χ0n) is 11.9. The second-order valence-corrected chi connectivity index (χ2v) is 7.41. The molecule has 1 aromatic rings. The molecule has 0 aliphatic carbocycles. The Balaban J connectivity index is 2.45. The summed E-state index contributed by atoms with van der Waals surface area (Å²) in [7, 11) is 0. The van der Waals surface area contributed by atoms with E-state index in [2.05, 4.69) is 37.5 Å². The van der Waals surface area contributed by atoms with Gasteiger partial charge in [-0.15, -0.1) is 23.1 Å². The molecule has 0 saturated carbocycles. The average molecular weight is 300 g/mol. The summed E-state index contributed by atoms with van der Waals surface area (Å²) >= 11 is 3.37. The maximum Gasteiger partial charge on any atom is 0.230 e. The van der Waals surface area contributed by atoms with Gasteiger partial charge in [0.05, 0.1) is 11.8 Å². The number of rotatable bonds is 8. The number of hydrogen-bond acceptors (Lipinski definition) is 4. The fourth-order valence-corrected chi connectivity index (χ4v) is 3.56. The topological polar surface area (TPSA) is 55.1 Å². The van der Waals surface area contributed by atoms with E-state index in [9.17, 15) is 4.79 Å². The van der Waals surface area contributed by atoms with Gasteiger partial charge in [0.1, 0.15) is 0 Å². The molecule has 3 N–H and O–H groups in total. The Labute approximate surface area is 124 Å². The van der Waals surface area contributed by atoms with E-state index in [0.29, 0.717) is 23.5 Å². The lowest BCUT2D eigenvalue weighted by Gasteiger charge is -2.21. The number of hydrogen-bond donors (Lipinski definition) is 2. The lowest BCUT2D eigenvalue weighted by molar-refractivity contribution is -0.119. The van der Waals surface area contributed by atoms with Gasteiger partial charge in [0, 0.05) is 10.1 Å². The van der Waals surface area contributed by atoms with E-state index in [1.807, 2.05) is 6.07 Å². The van der Waals surface area contributed by atoms with Crippen LogP contribution in [0.4, 0.5) is 0 Å². The Morgan fingerprint density at radius 1 is 1.47 bits per heavy atom. The van der Waals surface area contributed by atoms with Gasteiger partial charge >= 0.3 is 0 Å². The lowest BCUT2D eigenvalue weighted by atomic mass is 10.0. The van der Waals surface area contributed by atoms with Crippen molar-refractivity contribution in [1.29, 1.82) is 0 Å². The SMILES string of the molecule is CC(CCN)SCC(=O)NC(c1cccs1)C(C)C. The van der Waals surface area contributed by atoms with Gasteiger partial charge in [-0.05, 0) is 30.3 Å². The van der Waals surface area contributed by atoms with Gasteiger partial charge in [0.25, 0.3) is 0 Å². The second kappa shape index (κ2) is 8.61. The number of thiophene rings is 1. The molecule has 0 aromatic carbocycles. The van der Waals surface area contributed by atoms with Gasteiger partial charge in [-0.1, -0.05) is 26.8 Å². The smallest absolute Gasteiger partial charge is 0.230 e. The molecule has 1 rings (SSSR count). The predicted molar refractivity (Wildman–Crippen MR) is 85.6 cm³/mol. The minimum atomic E-state index is 0.112. The quantitative estimate of drug-likeness (QED) is 0.776. The zero-order valence-corrected chi connectivity index (χ0v) is 13.5. The summed E-state index contributed by atoms with van der Waals surface area (Å²) < 4.78 is 0. The molecule has 5 heteroatoms. The van der Waals surface area contributed by atoms with Crippen molar-refractivity contribution in [1.82, 2.24) is 5.32 Å². The highest BCUT2D eigenvalue weighted by atomic mass is 32.2. The molecule has 2 atom stereocenters. The van der Waals surface area contributed by atoms with Crippen LogP contribution in [0.25, 0.3) is 0 Å². The van der Waals surface area contributed by atoms with E-state index in [-0.39, 0.29) is 11.9 Å². The van der Waals surface area contributed by atoms with E-state index >= 15 is 0 Å². The number of amides is 1. The van der Waals surface area contributed by atoms with Gasteiger partial charge in [0.2, 0.25) is 5.91 Å². The summed E-state index contributed by atoms with van der Waals surface area (Å²) in [5.41, 5.74) is 5.51. The van der Waals surface area contributed by atoms with Crippen molar-refractivity contribution in [3.63, 3.8) is 0 Å². The molecule has 1 amide bonds. The third-order valence-electron chi connectivity index (χ3n) is 2.91. The lowest BCUT2D eigenvalue weighted by Crippen LogP contribution is -2.32. The highest BCUT2D eigenvalue weighted by Crippen LogP contribution is 2.26. The highest BCUT2D eigenvalue weighted by molar-refractivity contribution is 8.00. The minimum absolute atomic E-state index is 0.112. The monoisotopic (exact) mass is 300 g/mol. The van der Waals surface area contributed by atoms with Crippen molar-refractivity contribution in [2.24, 2.45) is 11.7 Å². The van der Waals surface area contributed by atoms with Gasteiger partial charge in [-0.2, -0.15) is 0 Å². The van der Waals surface area contributed by atoms with Crippen LogP contribution >= 0.6 is 23.1 Å². The molecule has 19 heavy (non-hydrogen) atoms. The molecule has 0 saturated heterocycles. The standard InChI is InChI=1S/C14H24N2OS2/c1-10(2)14(12-5-4-8-18-12)16-13(17)9-19-11(3)6-7-15/h4-5,8,10-11,14H,6-7,9,15H2,1-3H3,(H,16,17). The summed E-state index contributed by atoms with van der Waals surface area (Å²) in [4.78, 5) is 13.2. The van der Waals surface area contributed by atoms with Crippen molar-refractivity contribution in [2.45, 2.75) is 38.5 Å². The Hall–Kier alpha value is -0.520. The number of thioether (sulfide) groups is 1. The fourth-order valence-electron chi connectivity index (χ4n) is 1.79. The normalized spacial score (nSPS) is 14.4. The fraction of sp³-hybridized carbons (Fsp3) is 0.643. The molecule has 0 aliphatic rings. The first kappa shape index (κ1) is 16.5. The van der Waals surface area contributed by atoms with E-state index in [0.717, 1.165) is 6.42 Å². The van der Waals surface area contributed by atoms with Gasteiger partial charge in [-0.25, -0.2) is 0 Å². The minimum Gasteiger partial charge on any atom is -0.348 e. The van der Waals surface area contributed by atoms with Gasteiger partial charge in [0.15, 0.2) is 0 Å². The summed E-state index contributed by atoms with van der Waals surface area (Å²) in [5, 5.41) is 5.63. The molecular weight excluding hydrogens is 276 g/mol. The van der Waals surface area contributed by atoms with Crippen LogP contribution in [-0.4, -0.2) is 23.5 Å². The number of nitrogens with two attached hydrogens (primary N) is 1. The van der Waals surface area contributed by atoms with E-state index in [4.69, 9.17) is 5.73 Å². The Bertz CT molecular complexity index is 366. The van der Waals surface area contributed by atoms with Crippen molar-refractivity contribution in [3.05, 3.63) is 22.4 Å². The number of carbonyl (C=O) groups excluding carboxylic acids is 1. The van der Waals surface area contributed by atoms with Gasteiger partial charge < -0.3 is 11.1 Å². The maximum absolute atomic E-state index is 12.0. The third-order valence-corrected chi connectivity index (χ3v) is 5.09. The first-order valence-electron chi connectivity index (χ1n) is 6.69. The number of nitrogens with one attached hydrogen (secondary N) is 1. The molecule has 1 heterocycles. The molecule has 0 bridgehead atoms. The van der Waals surface area contributed by atoms with Crippen LogP contribution in [0.2, 0.25) is 0 Å². The third kappa shape index (κ3) is 5.97. The van der Waals surface area contributed by atoms with Crippen LogP contribution in [0.1, 0.15) is 38.1 Å². The summed E-state index contributed by atoms with van der Waals surface area (Å²) in [6, 6.07) is 4.23. The summed E-state index contributed by atoms with van der Waals surface area (Å²) in [6.07, 6.45) is 0.955. The molecule has 0 spiro atoms. The maximum atomic E-state index is 12.0. The van der Waals surface area contributed by atoms with Crippen LogP contribution in [0.3, 0.4) is 0 Å². The van der Waals surface area contributed by atoms with Crippen LogP contribution in [0.5, 0.6) is 0 Å². The molecule has 2 unspecified atom stereocenters. The first-order valence-corrected chi connectivity index (χ1v) is 8.61. The van der Waals surface area contributed by atoms with Crippen molar-refractivity contribution in [2.75, 3.05) is 12.3 Å². The summed E-state index contributed by atoms with van der Waals surface area (Å²) in [6.45, 7) is 7.06. The van der Waals surface area contributed by atoms with Gasteiger partial charge in [-0.3, -0.25) is 4.79 Å². The zero-order chi connectivity index (χ0) is 14.3.